The SMILES string of the molecule is COc1ccc([C@@H]2CN(C(=O)COCc3ccccc3)C[C@@]2(C)C(C)(C)O)cc1OCC1CC1. The van der Waals surface area contributed by atoms with Crippen molar-refractivity contribution < 1.29 is 24.1 Å². The van der Waals surface area contributed by atoms with Crippen molar-refractivity contribution in [2.75, 3.05) is 33.4 Å². The van der Waals surface area contributed by atoms with E-state index >= 15 is 0 Å². The number of carbonyl (C=O) groups is 1. The van der Waals surface area contributed by atoms with Gasteiger partial charge in [0.25, 0.3) is 0 Å². The first-order chi connectivity index (χ1) is 16.2. The maximum Gasteiger partial charge on any atom is 0.248 e. The minimum atomic E-state index is -0.993. The molecule has 1 aliphatic heterocycles. The number of carbonyl (C=O) groups excluding carboxylic acids is 1. The van der Waals surface area contributed by atoms with E-state index in [1.165, 1.54) is 12.8 Å². The number of benzene rings is 2. The molecule has 6 heteroatoms. The molecule has 1 amide bonds. The number of likely N-dealkylation sites (tertiary alicyclic amines) is 1. The molecule has 1 N–H and O–H groups in total. The summed E-state index contributed by atoms with van der Waals surface area (Å²) in [6, 6.07) is 15.8. The summed E-state index contributed by atoms with van der Waals surface area (Å²) >= 11 is 0. The molecule has 34 heavy (non-hydrogen) atoms. The Morgan fingerprint density at radius 2 is 1.88 bits per heavy atom. The first-order valence-electron chi connectivity index (χ1n) is 12.1. The first kappa shape index (κ1) is 24.6. The normalized spacial score (nSPS) is 22.6. The Morgan fingerprint density at radius 1 is 1.15 bits per heavy atom. The van der Waals surface area contributed by atoms with Gasteiger partial charge in [-0.05, 0) is 55.9 Å². The van der Waals surface area contributed by atoms with Crippen LogP contribution in [0.3, 0.4) is 0 Å². The van der Waals surface area contributed by atoms with Crippen LogP contribution in [0.1, 0.15) is 50.7 Å². The smallest absolute Gasteiger partial charge is 0.248 e. The molecule has 0 bridgehead atoms. The standard InChI is InChI=1S/C28H37NO5/c1-27(2,31)28(3)19-29(26(30)18-33-16-20-8-6-5-7-9-20)15-23(28)22-12-13-24(32-4)25(14-22)34-17-21-10-11-21/h5-9,12-14,21,23,31H,10-11,15-19H2,1-4H3/t23-,28+/m0/s1. The molecule has 0 radical (unpaired) electrons. The molecular formula is C28H37NO5. The first-order valence-corrected chi connectivity index (χ1v) is 12.1. The van der Waals surface area contributed by atoms with Gasteiger partial charge in [0.15, 0.2) is 11.5 Å². The van der Waals surface area contributed by atoms with Crippen LogP contribution in [0.2, 0.25) is 0 Å². The molecular weight excluding hydrogens is 430 g/mol. The molecule has 1 heterocycles. The Hall–Kier alpha value is -2.57. The van der Waals surface area contributed by atoms with Crippen molar-refractivity contribution in [2.45, 2.75) is 51.7 Å². The van der Waals surface area contributed by atoms with Crippen LogP contribution in [0.5, 0.6) is 11.5 Å². The van der Waals surface area contributed by atoms with Crippen LogP contribution in [-0.2, 0) is 16.1 Å². The van der Waals surface area contributed by atoms with E-state index in [1.807, 2.05) is 67.3 Å². The molecule has 184 valence electrons. The average molecular weight is 468 g/mol. The van der Waals surface area contributed by atoms with Gasteiger partial charge in [-0.1, -0.05) is 43.3 Å². The van der Waals surface area contributed by atoms with Gasteiger partial charge < -0.3 is 24.2 Å². The lowest BCUT2D eigenvalue weighted by Crippen LogP contribution is -2.47. The number of ether oxygens (including phenoxy) is 3. The van der Waals surface area contributed by atoms with Crippen molar-refractivity contribution in [2.24, 2.45) is 11.3 Å². The molecule has 2 aromatic carbocycles. The fourth-order valence-corrected chi connectivity index (χ4v) is 4.71. The maximum atomic E-state index is 13.1. The molecule has 2 aromatic rings. The quantitative estimate of drug-likeness (QED) is 0.561. The number of aliphatic hydroxyl groups is 1. The van der Waals surface area contributed by atoms with Crippen molar-refractivity contribution in [3.63, 3.8) is 0 Å². The van der Waals surface area contributed by atoms with E-state index in [9.17, 15) is 9.90 Å². The van der Waals surface area contributed by atoms with E-state index in [-0.39, 0.29) is 18.4 Å². The summed E-state index contributed by atoms with van der Waals surface area (Å²) in [6.45, 7) is 7.79. The van der Waals surface area contributed by atoms with Crippen LogP contribution >= 0.6 is 0 Å². The molecule has 0 spiro atoms. The molecule has 1 saturated heterocycles. The second-order valence-corrected chi connectivity index (χ2v) is 10.4. The van der Waals surface area contributed by atoms with Gasteiger partial charge in [-0.25, -0.2) is 0 Å². The third-order valence-electron chi connectivity index (χ3n) is 7.54. The molecule has 6 nitrogen and oxygen atoms in total. The second-order valence-electron chi connectivity index (χ2n) is 10.4. The van der Waals surface area contributed by atoms with E-state index in [4.69, 9.17) is 14.2 Å². The maximum absolute atomic E-state index is 13.1. The highest BCUT2D eigenvalue weighted by Crippen LogP contribution is 2.50. The van der Waals surface area contributed by atoms with Gasteiger partial charge in [-0.3, -0.25) is 4.79 Å². The van der Waals surface area contributed by atoms with E-state index in [1.54, 1.807) is 7.11 Å². The third-order valence-corrected chi connectivity index (χ3v) is 7.54. The van der Waals surface area contributed by atoms with Crippen LogP contribution in [0.4, 0.5) is 0 Å². The second kappa shape index (κ2) is 9.96. The Balaban J connectivity index is 1.50. The number of methoxy groups -OCH3 is 1. The van der Waals surface area contributed by atoms with Gasteiger partial charge in [-0.15, -0.1) is 0 Å². The monoisotopic (exact) mass is 467 g/mol. The third kappa shape index (κ3) is 5.39. The fraction of sp³-hybridized carbons (Fsp3) is 0.536. The van der Waals surface area contributed by atoms with Crippen molar-refractivity contribution in [3.8, 4) is 11.5 Å². The zero-order valence-electron chi connectivity index (χ0n) is 20.8. The molecule has 2 atom stereocenters. The van der Waals surface area contributed by atoms with Crippen LogP contribution in [-0.4, -0.2) is 54.9 Å². The van der Waals surface area contributed by atoms with E-state index in [0.717, 1.165) is 16.9 Å². The molecule has 0 unspecified atom stereocenters. The largest absolute Gasteiger partial charge is 0.493 e. The lowest BCUT2D eigenvalue weighted by molar-refractivity contribution is -0.136. The van der Waals surface area contributed by atoms with Crippen LogP contribution in [0.25, 0.3) is 0 Å². The van der Waals surface area contributed by atoms with Crippen molar-refractivity contribution in [1.29, 1.82) is 0 Å². The lowest BCUT2D eigenvalue weighted by atomic mass is 9.66. The minimum absolute atomic E-state index is 0.0158. The molecule has 0 aromatic heterocycles. The summed E-state index contributed by atoms with van der Waals surface area (Å²) in [5, 5.41) is 11.2. The lowest BCUT2D eigenvalue weighted by Gasteiger charge is -2.41. The summed E-state index contributed by atoms with van der Waals surface area (Å²) in [5.74, 6) is 1.94. The van der Waals surface area contributed by atoms with Gasteiger partial charge >= 0.3 is 0 Å². The molecule has 4 rings (SSSR count). The minimum Gasteiger partial charge on any atom is -0.493 e. The number of rotatable bonds is 10. The van der Waals surface area contributed by atoms with Gasteiger partial charge in [0.05, 0.1) is 25.9 Å². The predicted molar refractivity (Wildman–Crippen MR) is 131 cm³/mol. The van der Waals surface area contributed by atoms with E-state index < -0.39 is 11.0 Å². The Kier molecular flexibility index (Phi) is 7.20. The van der Waals surface area contributed by atoms with Crippen molar-refractivity contribution in [3.05, 3.63) is 59.7 Å². The van der Waals surface area contributed by atoms with Gasteiger partial charge in [0.2, 0.25) is 5.91 Å². The summed E-state index contributed by atoms with van der Waals surface area (Å²) in [5.41, 5.74) is 0.543. The summed E-state index contributed by atoms with van der Waals surface area (Å²) in [7, 11) is 1.64. The predicted octanol–water partition coefficient (Wildman–Crippen LogP) is 4.40. The molecule has 2 aliphatic rings. The van der Waals surface area contributed by atoms with E-state index in [2.05, 4.69) is 6.92 Å². The fourth-order valence-electron chi connectivity index (χ4n) is 4.71. The molecule has 2 fully saturated rings. The zero-order valence-corrected chi connectivity index (χ0v) is 20.8. The highest BCUT2D eigenvalue weighted by Gasteiger charge is 2.53. The summed E-state index contributed by atoms with van der Waals surface area (Å²) < 4.78 is 17.3. The zero-order chi connectivity index (χ0) is 24.3. The van der Waals surface area contributed by atoms with Crippen molar-refractivity contribution in [1.82, 2.24) is 4.90 Å². The van der Waals surface area contributed by atoms with Gasteiger partial charge in [-0.2, -0.15) is 0 Å². The van der Waals surface area contributed by atoms with Gasteiger partial charge in [0, 0.05) is 24.4 Å². The van der Waals surface area contributed by atoms with Crippen LogP contribution < -0.4 is 9.47 Å². The number of hydrogen-bond donors (Lipinski definition) is 1. The Morgan fingerprint density at radius 3 is 2.53 bits per heavy atom. The Labute approximate surface area is 202 Å². The topological polar surface area (TPSA) is 68.2 Å². The number of hydrogen-bond acceptors (Lipinski definition) is 5. The molecule has 1 saturated carbocycles. The highest BCUT2D eigenvalue weighted by atomic mass is 16.5. The number of amides is 1. The van der Waals surface area contributed by atoms with Gasteiger partial charge in [0.1, 0.15) is 6.61 Å². The van der Waals surface area contributed by atoms with E-state index in [0.29, 0.717) is 38.0 Å². The average Bonchev–Trinajstić information content (AvgIpc) is 3.57. The molecule has 1 aliphatic carbocycles. The Bertz CT molecular complexity index is 982. The van der Waals surface area contributed by atoms with Crippen LogP contribution in [0.15, 0.2) is 48.5 Å². The van der Waals surface area contributed by atoms with Crippen LogP contribution in [0, 0.1) is 11.3 Å². The number of nitrogens with zero attached hydrogens (tertiary/aromatic N) is 1. The summed E-state index contributed by atoms with van der Waals surface area (Å²) in [4.78, 5) is 14.9. The van der Waals surface area contributed by atoms with Crippen molar-refractivity contribution >= 4 is 5.91 Å². The summed E-state index contributed by atoms with van der Waals surface area (Å²) in [6.07, 6.45) is 2.43. The highest BCUT2D eigenvalue weighted by molar-refractivity contribution is 5.78.